The van der Waals surface area contributed by atoms with E-state index in [0.29, 0.717) is 19.0 Å². The Balaban J connectivity index is 2.66. The molecule has 0 amide bonds. The summed E-state index contributed by atoms with van der Waals surface area (Å²) in [6.07, 6.45) is 3.88. The van der Waals surface area contributed by atoms with Crippen molar-refractivity contribution in [1.82, 2.24) is 4.31 Å². The van der Waals surface area contributed by atoms with E-state index in [-0.39, 0.29) is 5.75 Å². The van der Waals surface area contributed by atoms with Gasteiger partial charge >= 0.3 is 0 Å². The Labute approximate surface area is 80.5 Å². The van der Waals surface area contributed by atoms with Crippen molar-refractivity contribution in [3.05, 3.63) is 12.7 Å². The average Bonchev–Trinajstić information content (AvgIpc) is 2.18. The summed E-state index contributed by atoms with van der Waals surface area (Å²) in [5.74, 6) is 0.548. The highest BCUT2D eigenvalue weighted by molar-refractivity contribution is 7.89. The lowest BCUT2D eigenvalue weighted by Crippen LogP contribution is -2.40. The Morgan fingerprint density at radius 3 is 2.85 bits per heavy atom. The molecule has 13 heavy (non-hydrogen) atoms. The van der Waals surface area contributed by atoms with Gasteiger partial charge in [0.1, 0.15) is 0 Å². The maximum Gasteiger partial charge on any atom is 0.213 e. The van der Waals surface area contributed by atoms with Crippen LogP contribution in [0.5, 0.6) is 0 Å². The monoisotopic (exact) mass is 203 g/mol. The van der Waals surface area contributed by atoms with E-state index in [9.17, 15) is 8.42 Å². The summed E-state index contributed by atoms with van der Waals surface area (Å²) in [5.41, 5.74) is 0. The summed E-state index contributed by atoms with van der Waals surface area (Å²) in [7, 11) is -2.98. The Bertz CT molecular complexity index is 271. The molecule has 1 aliphatic heterocycles. The van der Waals surface area contributed by atoms with Crippen molar-refractivity contribution in [3.63, 3.8) is 0 Å². The maximum absolute atomic E-state index is 11.5. The molecule has 0 aromatic heterocycles. The molecule has 0 aliphatic carbocycles. The third-order valence-corrected chi connectivity index (χ3v) is 4.36. The van der Waals surface area contributed by atoms with E-state index in [0.717, 1.165) is 12.8 Å². The molecule has 4 heteroatoms. The van der Waals surface area contributed by atoms with Crippen LogP contribution in [0.1, 0.15) is 19.8 Å². The molecule has 1 aliphatic rings. The Kier molecular flexibility index (Phi) is 3.50. The van der Waals surface area contributed by atoms with Gasteiger partial charge in [0.25, 0.3) is 0 Å². The van der Waals surface area contributed by atoms with Crippen molar-refractivity contribution in [2.24, 2.45) is 5.92 Å². The zero-order chi connectivity index (χ0) is 9.90. The second kappa shape index (κ2) is 4.24. The van der Waals surface area contributed by atoms with Gasteiger partial charge in [-0.05, 0) is 25.7 Å². The van der Waals surface area contributed by atoms with Gasteiger partial charge in [0.15, 0.2) is 0 Å². The lowest BCUT2D eigenvalue weighted by molar-refractivity contribution is 0.301. The smallest absolute Gasteiger partial charge is 0.212 e. The molecule has 0 aromatic rings. The molecule has 0 aromatic carbocycles. The van der Waals surface area contributed by atoms with Crippen LogP contribution in [0.25, 0.3) is 0 Å². The Morgan fingerprint density at radius 1 is 1.62 bits per heavy atom. The van der Waals surface area contributed by atoms with Gasteiger partial charge < -0.3 is 0 Å². The van der Waals surface area contributed by atoms with E-state index < -0.39 is 10.0 Å². The molecule has 1 atom stereocenters. The zero-order valence-corrected chi connectivity index (χ0v) is 8.89. The topological polar surface area (TPSA) is 37.4 Å². The minimum atomic E-state index is -2.98. The minimum Gasteiger partial charge on any atom is -0.212 e. The molecule has 0 spiro atoms. The van der Waals surface area contributed by atoms with Gasteiger partial charge in [0.05, 0.1) is 5.75 Å². The van der Waals surface area contributed by atoms with Gasteiger partial charge in [-0.15, -0.1) is 6.58 Å². The first-order valence-corrected chi connectivity index (χ1v) is 6.31. The first-order valence-electron chi connectivity index (χ1n) is 4.70. The molecule has 0 N–H and O–H groups in total. The summed E-state index contributed by atoms with van der Waals surface area (Å²) in [5, 5.41) is 0. The van der Waals surface area contributed by atoms with Gasteiger partial charge in [0, 0.05) is 13.1 Å². The SMILES string of the molecule is C=CC1CCCN(S(=O)(=O)CC)C1. The number of piperidine rings is 1. The number of hydrogen-bond donors (Lipinski definition) is 0. The van der Waals surface area contributed by atoms with Crippen molar-refractivity contribution < 1.29 is 8.42 Å². The number of hydrogen-bond acceptors (Lipinski definition) is 2. The quantitative estimate of drug-likeness (QED) is 0.647. The van der Waals surface area contributed by atoms with E-state index in [1.165, 1.54) is 0 Å². The molecule has 1 heterocycles. The molecule has 3 nitrogen and oxygen atoms in total. The van der Waals surface area contributed by atoms with Gasteiger partial charge in [0.2, 0.25) is 10.0 Å². The van der Waals surface area contributed by atoms with Crippen LogP contribution in [-0.2, 0) is 10.0 Å². The predicted molar refractivity (Wildman–Crippen MR) is 54.0 cm³/mol. The third kappa shape index (κ3) is 2.54. The molecular formula is C9H17NO2S. The Morgan fingerprint density at radius 2 is 2.31 bits per heavy atom. The van der Waals surface area contributed by atoms with Crippen molar-refractivity contribution in [3.8, 4) is 0 Å². The van der Waals surface area contributed by atoms with E-state index in [1.54, 1.807) is 11.2 Å². The van der Waals surface area contributed by atoms with Crippen molar-refractivity contribution in [2.75, 3.05) is 18.8 Å². The van der Waals surface area contributed by atoms with Crippen LogP contribution in [0, 0.1) is 5.92 Å². The van der Waals surface area contributed by atoms with E-state index in [1.807, 2.05) is 6.08 Å². The summed E-state index contributed by atoms with van der Waals surface area (Å²) in [6, 6.07) is 0. The second-order valence-electron chi connectivity index (χ2n) is 3.40. The van der Waals surface area contributed by atoms with Crippen molar-refractivity contribution in [2.45, 2.75) is 19.8 Å². The molecule has 0 bridgehead atoms. The standard InChI is InChI=1S/C9H17NO2S/c1-3-9-6-5-7-10(8-9)13(11,12)4-2/h3,9H,1,4-8H2,2H3. The fraction of sp³-hybridized carbons (Fsp3) is 0.778. The normalized spacial score (nSPS) is 25.8. The van der Waals surface area contributed by atoms with Crippen molar-refractivity contribution >= 4 is 10.0 Å². The largest absolute Gasteiger partial charge is 0.213 e. The van der Waals surface area contributed by atoms with Crippen LogP contribution in [0.3, 0.4) is 0 Å². The summed E-state index contributed by atoms with van der Waals surface area (Å²) >= 11 is 0. The van der Waals surface area contributed by atoms with E-state index in [4.69, 9.17) is 0 Å². The molecule has 1 fully saturated rings. The van der Waals surface area contributed by atoms with Gasteiger partial charge in [-0.2, -0.15) is 0 Å². The van der Waals surface area contributed by atoms with Gasteiger partial charge in [-0.3, -0.25) is 0 Å². The van der Waals surface area contributed by atoms with Crippen LogP contribution >= 0.6 is 0 Å². The highest BCUT2D eigenvalue weighted by Crippen LogP contribution is 2.19. The summed E-state index contributed by atoms with van der Waals surface area (Å²) < 4.78 is 24.6. The lowest BCUT2D eigenvalue weighted by atomic mass is 10.0. The highest BCUT2D eigenvalue weighted by atomic mass is 32.2. The fourth-order valence-corrected chi connectivity index (χ4v) is 2.79. The summed E-state index contributed by atoms with van der Waals surface area (Å²) in [4.78, 5) is 0. The van der Waals surface area contributed by atoms with Crippen LogP contribution in [-0.4, -0.2) is 31.6 Å². The van der Waals surface area contributed by atoms with Gasteiger partial charge in [-0.1, -0.05) is 6.08 Å². The molecule has 1 unspecified atom stereocenters. The van der Waals surface area contributed by atoms with E-state index in [2.05, 4.69) is 6.58 Å². The average molecular weight is 203 g/mol. The number of rotatable bonds is 3. The van der Waals surface area contributed by atoms with Crippen molar-refractivity contribution in [1.29, 1.82) is 0 Å². The molecule has 1 rings (SSSR count). The molecule has 0 saturated carbocycles. The molecular weight excluding hydrogens is 186 g/mol. The Hall–Kier alpha value is -0.350. The first-order chi connectivity index (χ1) is 6.10. The molecule has 0 radical (unpaired) electrons. The zero-order valence-electron chi connectivity index (χ0n) is 8.07. The van der Waals surface area contributed by atoms with Crippen LogP contribution in [0.2, 0.25) is 0 Å². The second-order valence-corrected chi connectivity index (χ2v) is 5.65. The fourth-order valence-electron chi connectivity index (χ4n) is 1.60. The summed E-state index contributed by atoms with van der Waals surface area (Å²) in [6.45, 7) is 6.70. The highest BCUT2D eigenvalue weighted by Gasteiger charge is 2.25. The maximum atomic E-state index is 11.5. The third-order valence-electron chi connectivity index (χ3n) is 2.51. The minimum absolute atomic E-state index is 0.205. The lowest BCUT2D eigenvalue weighted by Gasteiger charge is -2.29. The van der Waals surface area contributed by atoms with Crippen LogP contribution in [0.4, 0.5) is 0 Å². The van der Waals surface area contributed by atoms with Crippen LogP contribution in [0.15, 0.2) is 12.7 Å². The van der Waals surface area contributed by atoms with Gasteiger partial charge in [-0.25, -0.2) is 12.7 Å². The number of sulfonamides is 1. The first kappa shape index (κ1) is 10.7. The number of nitrogens with zero attached hydrogens (tertiary/aromatic N) is 1. The molecule has 1 saturated heterocycles. The van der Waals surface area contributed by atoms with Crippen LogP contribution < -0.4 is 0 Å². The molecule has 76 valence electrons. The van der Waals surface area contributed by atoms with E-state index >= 15 is 0 Å². The predicted octanol–water partition coefficient (Wildman–Crippen LogP) is 1.23.